The van der Waals surface area contributed by atoms with Gasteiger partial charge in [0.05, 0.1) is 0 Å². The van der Waals surface area contributed by atoms with E-state index in [9.17, 15) is 4.79 Å². The Morgan fingerprint density at radius 1 is 1.06 bits per heavy atom. The lowest BCUT2D eigenvalue weighted by Crippen LogP contribution is -2.26. The zero-order valence-electron chi connectivity index (χ0n) is 10.4. The number of nitrogens with zero attached hydrogens (tertiary/aromatic N) is 2. The number of hydrogen-bond acceptors (Lipinski definition) is 4. The molecule has 0 saturated heterocycles. The summed E-state index contributed by atoms with van der Waals surface area (Å²) >= 11 is 0. The second-order valence-electron chi connectivity index (χ2n) is 5.18. The minimum atomic E-state index is -0.114. The van der Waals surface area contributed by atoms with E-state index in [0.29, 0.717) is 17.8 Å². The number of rotatable bonds is 4. The second kappa shape index (κ2) is 4.92. The van der Waals surface area contributed by atoms with E-state index in [0.717, 1.165) is 18.7 Å². The highest BCUT2D eigenvalue weighted by Gasteiger charge is 2.24. The lowest BCUT2D eigenvalue weighted by molar-refractivity contribution is 0.0945. The van der Waals surface area contributed by atoms with Crippen LogP contribution in [0.2, 0.25) is 0 Å². The van der Waals surface area contributed by atoms with Crippen LogP contribution in [0.5, 0.6) is 0 Å². The van der Waals surface area contributed by atoms with Crippen LogP contribution < -0.4 is 10.6 Å². The molecular weight excluding hydrogens is 228 g/mol. The van der Waals surface area contributed by atoms with E-state index >= 15 is 0 Å². The molecule has 0 atom stereocenters. The highest BCUT2D eigenvalue weighted by atomic mass is 16.2. The van der Waals surface area contributed by atoms with Crippen molar-refractivity contribution >= 4 is 11.7 Å². The first-order valence-corrected chi connectivity index (χ1v) is 6.72. The lowest BCUT2D eigenvalue weighted by atomic mass is 10.2. The summed E-state index contributed by atoms with van der Waals surface area (Å²) in [6.07, 6.45) is 7.14. The summed E-state index contributed by atoms with van der Waals surface area (Å²) in [5, 5.41) is 14.3. The number of amides is 1. The summed E-state index contributed by atoms with van der Waals surface area (Å²) in [7, 11) is 0. The van der Waals surface area contributed by atoms with Gasteiger partial charge >= 0.3 is 0 Å². The van der Waals surface area contributed by atoms with E-state index in [-0.39, 0.29) is 5.91 Å². The van der Waals surface area contributed by atoms with Gasteiger partial charge in [-0.3, -0.25) is 4.79 Å². The van der Waals surface area contributed by atoms with E-state index < -0.39 is 0 Å². The van der Waals surface area contributed by atoms with Crippen molar-refractivity contribution in [1.29, 1.82) is 0 Å². The zero-order chi connectivity index (χ0) is 12.4. The third kappa shape index (κ3) is 2.78. The maximum Gasteiger partial charge on any atom is 0.272 e. The molecule has 1 amide bonds. The Labute approximate surface area is 106 Å². The molecule has 5 heteroatoms. The molecule has 2 aliphatic carbocycles. The molecule has 0 spiro atoms. The highest BCUT2D eigenvalue weighted by Crippen LogP contribution is 2.21. The SMILES string of the molecule is O=C(NC1CC1)c1ccc(NC2CCCC2)nn1. The van der Waals surface area contributed by atoms with Gasteiger partial charge in [0.25, 0.3) is 5.91 Å². The Bertz CT molecular complexity index is 421. The van der Waals surface area contributed by atoms with E-state index in [1.54, 1.807) is 6.07 Å². The maximum absolute atomic E-state index is 11.7. The molecule has 0 radical (unpaired) electrons. The van der Waals surface area contributed by atoms with Crippen molar-refractivity contribution in [2.75, 3.05) is 5.32 Å². The monoisotopic (exact) mass is 246 g/mol. The number of nitrogens with one attached hydrogen (secondary N) is 2. The number of anilines is 1. The van der Waals surface area contributed by atoms with Gasteiger partial charge in [-0.25, -0.2) is 0 Å². The van der Waals surface area contributed by atoms with Crippen molar-refractivity contribution in [2.45, 2.75) is 50.6 Å². The summed E-state index contributed by atoms with van der Waals surface area (Å²) in [6.45, 7) is 0. The van der Waals surface area contributed by atoms with Crippen LogP contribution in [-0.4, -0.2) is 28.2 Å². The summed E-state index contributed by atoms with van der Waals surface area (Å²) < 4.78 is 0. The van der Waals surface area contributed by atoms with E-state index in [1.807, 2.05) is 6.07 Å². The molecule has 2 N–H and O–H groups in total. The fourth-order valence-corrected chi connectivity index (χ4v) is 2.30. The van der Waals surface area contributed by atoms with Crippen molar-refractivity contribution in [3.05, 3.63) is 17.8 Å². The molecule has 5 nitrogen and oxygen atoms in total. The first kappa shape index (κ1) is 11.4. The van der Waals surface area contributed by atoms with Crippen molar-refractivity contribution in [3.63, 3.8) is 0 Å². The Morgan fingerprint density at radius 2 is 1.83 bits per heavy atom. The van der Waals surface area contributed by atoms with Gasteiger partial charge in [-0.15, -0.1) is 10.2 Å². The molecule has 18 heavy (non-hydrogen) atoms. The molecule has 0 bridgehead atoms. The molecule has 1 aromatic heterocycles. The Hall–Kier alpha value is -1.65. The first-order valence-electron chi connectivity index (χ1n) is 6.72. The third-order valence-electron chi connectivity index (χ3n) is 3.52. The van der Waals surface area contributed by atoms with Crippen LogP contribution in [0, 0.1) is 0 Å². The number of carbonyl (C=O) groups excluding carboxylic acids is 1. The topological polar surface area (TPSA) is 66.9 Å². The molecule has 96 valence electrons. The van der Waals surface area contributed by atoms with Gasteiger partial charge in [0.1, 0.15) is 5.82 Å². The maximum atomic E-state index is 11.7. The van der Waals surface area contributed by atoms with Crippen LogP contribution in [0.1, 0.15) is 49.0 Å². The molecule has 0 aromatic carbocycles. The molecule has 2 saturated carbocycles. The van der Waals surface area contributed by atoms with E-state index in [1.165, 1.54) is 25.7 Å². The number of hydrogen-bond donors (Lipinski definition) is 2. The van der Waals surface area contributed by atoms with Crippen LogP contribution in [0.15, 0.2) is 12.1 Å². The highest BCUT2D eigenvalue weighted by molar-refractivity contribution is 5.92. The minimum absolute atomic E-state index is 0.114. The second-order valence-corrected chi connectivity index (χ2v) is 5.18. The molecule has 1 heterocycles. The van der Waals surface area contributed by atoms with Gasteiger partial charge in [-0.1, -0.05) is 12.8 Å². The lowest BCUT2D eigenvalue weighted by Gasteiger charge is -2.11. The van der Waals surface area contributed by atoms with Crippen LogP contribution in [-0.2, 0) is 0 Å². The molecule has 2 fully saturated rings. The standard InChI is InChI=1S/C13H18N4O/c18-13(15-10-5-6-10)11-7-8-12(17-16-11)14-9-3-1-2-4-9/h7-10H,1-6H2,(H,14,17)(H,15,18). The molecule has 1 aromatic rings. The fraction of sp³-hybridized carbons (Fsp3) is 0.615. The van der Waals surface area contributed by atoms with E-state index in [4.69, 9.17) is 0 Å². The summed E-state index contributed by atoms with van der Waals surface area (Å²) in [6, 6.07) is 4.45. The third-order valence-corrected chi connectivity index (χ3v) is 3.52. The van der Waals surface area contributed by atoms with Gasteiger partial charge in [0.15, 0.2) is 5.69 Å². The fourth-order valence-electron chi connectivity index (χ4n) is 2.30. The average Bonchev–Trinajstić information content (AvgIpc) is 3.04. The van der Waals surface area contributed by atoms with Crippen molar-refractivity contribution in [3.8, 4) is 0 Å². The number of carbonyl (C=O) groups is 1. The predicted octanol–water partition coefficient (Wildman–Crippen LogP) is 1.72. The van der Waals surface area contributed by atoms with Crippen LogP contribution in [0.3, 0.4) is 0 Å². The van der Waals surface area contributed by atoms with Crippen molar-refractivity contribution < 1.29 is 4.79 Å². The molecule has 0 unspecified atom stereocenters. The van der Waals surface area contributed by atoms with Gasteiger partial charge in [-0.2, -0.15) is 0 Å². The zero-order valence-corrected chi connectivity index (χ0v) is 10.4. The predicted molar refractivity (Wildman–Crippen MR) is 68.4 cm³/mol. The number of aromatic nitrogens is 2. The van der Waals surface area contributed by atoms with Gasteiger partial charge in [0.2, 0.25) is 0 Å². The largest absolute Gasteiger partial charge is 0.366 e. The molecule has 0 aliphatic heterocycles. The van der Waals surface area contributed by atoms with E-state index in [2.05, 4.69) is 20.8 Å². The minimum Gasteiger partial charge on any atom is -0.366 e. The van der Waals surface area contributed by atoms with Crippen molar-refractivity contribution in [2.24, 2.45) is 0 Å². The molecular formula is C13H18N4O. The van der Waals surface area contributed by atoms with Crippen LogP contribution in [0.4, 0.5) is 5.82 Å². The Balaban J connectivity index is 1.58. The van der Waals surface area contributed by atoms with Gasteiger partial charge in [0, 0.05) is 12.1 Å². The molecule has 2 aliphatic rings. The Morgan fingerprint density at radius 3 is 2.44 bits per heavy atom. The Kier molecular flexibility index (Phi) is 3.13. The smallest absolute Gasteiger partial charge is 0.272 e. The van der Waals surface area contributed by atoms with Gasteiger partial charge < -0.3 is 10.6 Å². The van der Waals surface area contributed by atoms with Crippen molar-refractivity contribution in [1.82, 2.24) is 15.5 Å². The normalized spacial score (nSPS) is 19.8. The average molecular weight is 246 g/mol. The quantitative estimate of drug-likeness (QED) is 0.849. The summed E-state index contributed by atoms with van der Waals surface area (Å²) in [5.74, 6) is 0.655. The first-order chi connectivity index (χ1) is 8.81. The summed E-state index contributed by atoms with van der Waals surface area (Å²) in [5.41, 5.74) is 0.402. The summed E-state index contributed by atoms with van der Waals surface area (Å²) in [4.78, 5) is 11.7. The molecule has 3 rings (SSSR count). The van der Waals surface area contributed by atoms with Crippen LogP contribution in [0.25, 0.3) is 0 Å². The van der Waals surface area contributed by atoms with Gasteiger partial charge in [-0.05, 0) is 37.8 Å². The van der Waals surface area contributed by atoms with Crippen LogP contribution >= 0.6 is 0 Å².